The van der Waals surface area contributed by atoms with Crippen LogP contribution in [0.25, 0.3) is 0 Å². The zero-order valence-electron chi connectivity index (χ0n) is 14.0. The fourth-order valence-corrected chi connectivity index (χ4v) is 4.60. The van der Waals surface area contributed by atoms with E-state index in [4.69, 9.17) is 0 Å². The average molecular weight is 355 g/mol. The van der Waals surface area contributed by atoms with Crippen molar-refractivity contribution in [3.05, 3.63) is 52.5 Å². The third kappa shape index (κ3) is 3.31. The van der Waals surface area contributed by atoms with E-state index in [2.05, 4.69) is 10.3 Å². The molecule has 2 aromatic rings. The molecule has 130 valence electrons. The molecular formula is C19H21N3O2S. The van der Waals surface area contributed by atoms with Gasteiger partial charge in [0.25, 0.3) is 0 Å². The summed E-state index contributed by atoms with van der Waals surface area (Å²) >= 11 is 1.62. The molecule has 1 unspecified atom stereocenters. The second kappa shape index (κ2) is 6.59. The topological polar surface area (TPSA) is 62.3 Å². The molecular weight excluding hydrogens is 334 g/mol. The lowest BCUT2D eigenvalue weighted by atomic mass is 9.82. The Morgan fingerprint density at radius 2 is 2.20 bits per heavy atom. The number of rotatable bonds is 3. The van der Waals surface area contributed by atoms with Gasteiger partial charge in [0, 0.05) is 31.0 Å². The number of amides is 2. The van der Waals surface area contributed by atoms with E-state index in [0.717, 1.165) is 30.4 Å². The summed E-state index contributed by atoms with van der Waals surface area (Å²) in [6.07, 6.45) is 6.42. The quantitative estimate of drug-likeness (QED) is 0.919. The molecule has 6 heteroatoms. The standard InChI is InChI=1S/C19H21N3O2S/c23-17(10-14-3-9-25-13-14)22-7-4-19(5-8-22)11-16(18(24)21-19)15-2-1-6-20-12-15/h1-3,6,9,12-13,16H,4-5,7-8,10-11H2,(H,21,24). The summed E-state index contributed by atoms with van der Waals surface area (Å²) in [4.78, 5) is 31.0. The summed E-state index contributed by atoms with van der Waals surface area (Å²) < 4.78 is 0. The first-order valence-corrected chi connectivity index (χ1v) is 9.60. The van der Waals surface area contributed by atoms with Crippen LogP contribution in [-0.2, 0) is 16.0 Å². The third-order valence-electron chi connectivity index (χ3n) is 5.40. The summed E-state index contributed by atoms with van der Waals surface area (Å²) in [7, 11) is 0. The highest BCUT2D eigenvalue weighted by atomic mass is 32.1. The number of thiophene rings is 1. The molecule has 25 heavy (non-hydrogen) atoms. The van der Waals surface area contributed by atoms with Crippen LogP contribution >= 0.6 is 11.3 Å². The van der Waals surface area contributed by atoms with Crippen molar-refractivity contribution in [1.82, 2.24) is 15.2 Å². The molecule has 1 atom stereocenters. The Kier molecular flexibility index (Phi) is 4.29. The van der Waals surface area contributed by atoms with E-state index in [0.29, 0.717) is 19.5 Å². The van der Waals surface area contributed by atoms with E-state index < -0.39 is 0 Å². The predicted octanol–water partition coefficient (Wildman–Crippen LogP) is 2.35. The van der Waals surface area contributed by atoms with Crippen LogP contribution in [0.3, 0.4) is 0 Å². The van der Waals surface area contributed by atoms with Crippen molar-refractivity contribution >= 4 is 23.2 Å². The van der Waals surface area contributed by atoms with Crippen LogP contribution in [0.15, 0.2) is 41.4 Å². The van der Waals surface area contributed by atoms with Gasteiger partial charge in [-0.1, -0.05) is 6.07 Å². The van der Waals surface area contributed by atoms with Crippen LogP contribution in [0.4, 0.5) is 0 Å². The van der Waals surface area contributed by atoms with Crippen molar-refractivity contribution in [3.63, 3.8) is 0 Å². The van der Waals surface area contributed by atoms with E-state index in [1.165, 1.54) is 0 Å². The van der Waals surface area contributed by atoms with Crippen molar-refractivity contribution in [3.8, 4) is 0 Å². The summed E-state index contributed by atoms with van der Waals surface area (Å²) in [5, 5.41) is 7.25. The highest BCUT2D eigenvalue weighted by molar-refractivity contribution is 7.08. The van der Waals surface area contributed by atoms with Gasteiger partial charge < -0.3 is 10.2 Å². The highest BCUT2D eigenvalue weighted by Crippen LogP contribution is 2.39. The van der Waals surface area contributed by atoms with Gasteiger partial charge in [0.1, 0.15) is 0 Å². The minimum atomic E-state index is -0.170. The van der Waals surface area contributed by atoms with Gasteiger partial charge in [-0.15, -0.1) is 0 Å². The minimum absolute atomic E-state index is 0.0889. The largest absolute Gasteiger partial charge is 0.350 e. The maximum absolute atomic E-state index is 12.5. The molecule has 0 saturated carbocycles. The number of aromatic nitrogens is 1. The van der Waals surface area contributed by atoms with Gasteiger partial charge in [-0.05, 0) is 53.3 Å². The molecule has 0 bridgehead atoms. The van der Waals surface area contributed by atoms with Gasteiger partial charge >= 0.3 is 0 Å². The number of pyridine rings is 1. The van der Waals surface area contributed by atoms with E-state index in [-0.39, 0.29) is 23.3 Å². The molecule has 4 heterocycles. The molecule has 1 spiro atoms. The lowest BCUT2D eigenvalue weighted by Crippen LogP contribution is -2.52. The van der Waals surface area contributed by atoms with Crippen LogP contribution in [0.2, 0.25) is 0 Å². The fraction of sp³-hybridized carbons (Fsp3) is 0.421. The fourth-order valence-electron chi connectivity index (χ4n) is 3.93. The van der Waals surface area contributed by atoms with Crippen molar-refractivity contribution in [1.29, 1.82) is 0 Å². The minimum Gasteiger partial charge on any atom is -0.350 e. The van der Waals surface area contributed by atoms with E-state index in [1.807, 2.05) is 33.9 Å². The summed E-state index contributed by atoms with van der Waals surface area (Å²) in [6, 6.07) is 5.85. The summed E-state index contributed by atoms with van der Waals surface area (Å²) in [5.41, 5.74) is 1.89. The molecule has 5 nitrogen and oxygen atoms in total. The van der Waals surface area contributed by atoms with Crippen LogP contribution < -0.4 is 5.32 Å². The first-order chi connectivity index (χ1) is 12.2. The Labute approximate surface area is 151 Å². The number of carbonyl (C=O) groups excluding carboxylic acids is 2. The Morgan fingerprint density at radius 3 is 2.88 bits per heavy atom. The number of nitrogens with zero attached hydrogens (tertiary/aromatic N) is 2. The first kappa shape index (κ1) is 16.3. The van der Waals surface area contributed by atoms with E-state index >= 15 is 0 Å². The predicted molar refractivity (Wildman–Crippen MR) is 96.3 cm³/mol. The number of likely N-dealkylation sites (tertiary alicyclic amines) is 1. The van der Waals surface area contributed by atoms with Gasteiger partial charge in [0.2, 0.25) is 11.8 Å². The van der Waals surface area contributed by atoms with Crippen LogP contribution in [0.5, 0.6) is 0 Å². The smallest absolute Gasteiger partial charge is 0.228 e. The summed E-state index contributed by atoms with van der Waals surface area (Å²) in [6.45, 7) is 1.42. The monoisotopic (exact) mass is 355 g/mol. The normalized spacial score (nSPS) is 22.2. The van der Waals surface area contributed by atoms with Crippen molar-refractivity contribution in [2.45, 2.75) is 37.1 Å². The molecule has 1 N–H and O–H groups in total. The molecule has 2 aliphatic heterocycles. The average Bonchev–Trinajstić information content (AvgIpc) is 3.24. The number of nitrogens with one attached hydrogen (secondary N) is 1. The molecule has 2 aliphatic rings. The summed E-state index contributed by atoms with van der Waals surface area (Å²) in [5.74, 6) is 0.147. The van der Waals surface area contributed by atoms with Crippen LogP contribution in [-0.4, -0.2) is 40.3 Å². The molecule has 0 radical (unpaired) electrons. The Morgan fingerprint density at radius 1 is 1.36 bits per heavy atom. The molecule has 2 saturated heterocycles. The second-order valence-corrected chi connectivity index (χ2v) is 7.78. The zero-order valence-corrected chi connectivity index (χ0v) is 14.8. The molecule has 2 amide bonds. The van der Waals surface area contributed by atoms with Crippen LogP contribution in [0, 0.1) is 0 Å². The molecule has 2 aromatic heterocycles. The van der Waals surface area contributed by atoms with Crippen molar-refractivity contribution < 1.29 is 9.59 Å². The SMILES string of the molecule is O=C1NC2(CCN(C(=O)Cc3ccsc3)CC2)CC1c1cccnc1. The third-order valence-corrected chi connectivity index (χ3v) is 6.13. The number of hydrogen-bond acceptors (Lipinski definition) is 4. The van der Waals surface area contributed by atoms with Gasteiger partial charge in [0.05, 0.1) is 12.3 Å². The Hall–Kier alpha value is -2.21. The van der Waals surface area contributed by atoms with Gasteiger partial charge in [-0.2, -0.15) is 11.3 Å². The van der Waals surface area contributed by atoms with Gasteiger partial charge in [0.15, 0.2) is 0 Å². The number of hydrogen-bond donors (Lipinski definition) is 1. The van der Waals surface area contributed by atoms with Gasteiger partial charge in [-0.3, -0.25) is 14.6 Å². The van der Waals surface area contributed by atoms with E-state index in [1.54, 1.807) is 23.7 Å². The zero-order chi connectivity index (χ0) is 17.3. The highest BCUT2D eigenvalue weighted by Gasteiger charge is 2.46. The maximum Gasteiger partial charge on any atom is 0.228 e. The van der Waals surface area contributed by atoms with Gasteiger partial charge in [-0.25, -0.2) is 0 Å². The van der Waals surface area contributed by atoms with Crippen molar-refractivity contribution in [2.24, 2.45) is 0 Å². The maximum atomic E-state index is 12.5. The lowest BCUT2D eigenvalue weighted by Gasteiger charge is -2.39. The second-order valence-electron chi connectivity index (χ2n) is 7.00. The first-order valence-electron chi connectivity index (χ1n) is 8.66. The Balaban J connectivity index is 1.38. The lowest BCUT2D eigenvalue weighted by molar-refractivity contribution is -0.132. The number of piperidine rings is 1. The Bertz CT molecular complexity index is 752. The number of carbonyl (C=O) groups is 2. The van der Waals surface area contributed by atoms with Crippen LogP contribution in [0.1, 0.15) is 36.3 Å². The van der Waals surface area contributed by atoms with Crippen molar-refractivity contribution in [2.75, 3.05) is 13.1 Å². The molecule has 0 aromatic carbocycles. The van der Waals surface area contributed by atoms with E-state index in [9.17, 15) is 9.59 Å². The molecule has 2 fully saturated rings. The molecule has 4 rings (SSSR count). The molecule has 0 aliphatic carbocycles.